The highest BCUT2D eigenvalue weighted by Crippen LogP contribution is 2.32. The van der Waals surface area contributed by atoms with Crippen LogP contribution in [0.1, 0.15) is 37.7 Å². The molecule has 0 spiro atoms. The molecule has 0 bridgehead atoms. The summed E-state index contributed by atoms with van der Waals surface area (Å²) in [4.78, 5) is 29.8. The van der Waals surface area contributed by atoms with Gasteiger partial charge in [-0.25, -0.2) is 4.98 Å². The van der Waals surface area contributed by atoms with Crippen molar-refractivity contribution in [2.45, 2.75) is 34.1 Å². The predicted molar refractivity (Wildman–Crippen MR) is 99.3 cm³/mol. The summed E-state index contributed by atoms with van der Waals surface area (Å²) in [5.41, 5.74) is 10.2. The van der Waals surface area contributed by atoms with Gasteiger partial charge in [-0.3, -0.25) is 9.59 Å². The van der Waals surface area contributed by atoms with E-state index in [4.69, 9.17) is 5.73 Å². The summed E-state index contributed by atoms with van der Waals surface area (Å²) in [6, 6.07) is 3.92. The molecule has 7 heteroatoms. The van der Waals surface area contributed by atoms with E-state index < -0.39 is 5.91 Å². The monoisotopic (exact) mass is 356 g/mol. The molecule has 0 aromatic carbocycles. The molecule has 25 heavy (non-hydrogen) atoms. The number of hydrogen-bond donors (Lipinski definition) is 2. The third-order valence-electron chi connectivity index (χ3n) is 4.36. The number of carbonyl (C=O) groups is 2. The number of aryl methyl sites for hydroxylation is 3. The van der Waals surface area contributed by atoms with Gasteiger partial charge in [0.25, 0.3) is 5.91 Å². The third kappa shape index (κ3) is 3.02. The molecule has 3 rings (SSSR count). The van der Waals surface area contributed by atoms with Crippen LogP contribution in [0.15, 0.2) is 18.3 Å². The van der Waals surface area contributed by atoms with E-state index in [0.717, 1.165) is 33.0 Å². The first-order chi connectivity index (χ1) is 11.8. The van der Waals surface area contributed by atoms with E-state index in [1.165, 1.54) is 11.3 Å². The Morgan fingerprint density at radius 3 is 2.68 bits per heavy atom. The van der Waals surface area contributed by atoms with Crippen molar-refractivity contribution in [2.75, 3.05) is 5.32 Å². The Kier molecular flexibility index (Phi) is 4.34. The number of pyridine rings is 1. The molecule has 0 saturated heterocycles. The number of aromatic nitrogens is 2. The van der Waals surface area contributed by atoms with E-state index in [2.05, 4.69) is 10.3 Å². The predicted octanol–water partition coefficient (Wildman–Crippen LogP) is 2.91. The van der Waals surface area contributed by atoms with Crippen molar-refractivity contribution in [1.29, 1.82) is 0 Å². The molecule has 0 unspecified atom stereocenters. The first kappa shape index (κ1) is 17.2. The molecule has 3 aromatic heterocycles. The first-order valence-electron chi connectivity index (χ1n) is 7.92. The minimum Gasteiger partial charge on any atom is -0.365 e. The van der Waals surface area contributed by atoms with Gasteiger partial charge in [-0.1, -0.05) is 6.07 Å². The second-order valence-corrected chi connectivity index (χ2v) is 7.33. The van der Waals surface area contributed by atoms with Crippen LogP contribution in [0, 0.1) is 27.7 Å². The van der Waals surface area contributed by atoms with E-state index in [9.17, 15) is 9.59 Å². The van der Waals surface area contributed by atoms with Crippen LogP contribution in [0.25, 0.3) is 5.65 Å². The quantitative estimate of drug-likeness (QED) is 0.753. The number of nitrogens with one attached hydrogen (secondary N) is 1. The maximum absolute atomic E-state index is 12.6. The summed E-state index contributed by atoms with van der Waals surface area (Å²) in [6.07, 6.45) is 2.07. The average Bonchev–Trinajstić information content (AvgIpc) is 2.98. The van der Waals surface area contributed by atoms with Gasteiger partial charge in [-0.15, -0.1) is 11.3 Å². The Labute approximate surface area is 149 Å². The number of nitrogens with zero attached hydrogens (tertiary/aromatic N) is 2. The van der Waals surface area contributed by atoms with Crippen LogP contribution in [0.2, 0.25) is 0 Å². The number of anilines is 1. The number of fused-ring (bicyclic) bond motifs is 1. The molecular formula is C18H20N4O2S. The first-order valence-corrected chi connectivity index (χ1v) is 8.74. The van der Waals surface area contributed by atoms with Crippen molar-refractivity contribution < 1.29 is 9.59 Å². The number of amides is 2. The van der Waals surface area contributed by atoms with Crippen molar-refractivity contribution in [3.63, 3.8) is 0 Å². The molecular weight excluding hydrogens is 336 g/mol. The highest BCUT2D eigenvalue weighted by Gasteiger charge is 2.20. The van der Waals surface area contributed by atoms with Crippen molar-refractivity contribution in [3.05, 3.63) is 51.3 Å². The summed E-state index contributed by atoms with van der Waals surface area (Å²) < 4.78 is 1.93. The fourth-order valence-corrected chi connectivity index (χ4v) is 4.00. The molecule has 3 N–H and O–H groups in total. The van der Waals surface area contributed by atoms with Crippen LogP contribution in [0.3, 0.4) is 0 Å². The molecule has 0 saturated carbocycles. The minimum atomic E-state index is -0.529. The summed E-state index contributed by atoms with van der Waals surface area (Å²) >= 11 is 1.37. The second kappa shape index (κ2) is 6.33. The van der Waals surface area contributed by atoms with Crippen LogP contribution in [-0.4, -0.2) is 21.2 Å². The number of thiophene rings is 1. The molecule has 2 amide bonds. The van der Waals surface area contributed by atoms with Gasteiger partial charge in [0.15, 0.2) is 0 Å². The molecule has 0 aliphatic heterocycles. The van der Waals surface area contributed by atoms with Gasteiger partial charge in [0.2, 0.25) is 5.91 Å². The number of nitrogens with two attached hydrogens (primary N) is 1. The van der Waals surface area contributed by atoms with Gasteiger partial charge in [0.05, 0.1) is 23.4 Å². The minimum absolute atomic E-state index is 0.171. The zero-order chi connectivity index (χ0) is 18.3. The summed E-state index contributed by atoms with van der Waals surface area (Å²) in [5, 5.41) is 3.35. The fraction of sp³-hybridized carbons (Fsp3) is 0.278. The number of imidazole rings is 1. The lowest BCUT2D eigenvalue weighted by molar-refractivity contribution is -0.115. The summed E-state index contributed by atoms with van der Waals surface area (Å²) in [7, 11) is 0. The van der Waals surface area contributed by atoms with Crippen molar-refractivity contribution in [3.8, 4) is 0 Å². The van der Waals surface area contributed by atoms with E-state index >= 15 is 0 Å². The van der Waals surface area contributed by atoms with Crippen molar-refractivity contribution >= 4 is 33.8 Å². The Bertz CT molecular complexity index is 1000. The number of rotatable bonds is 4. The van der Waals surface area contributed by atoms with Gasteiger partial charge in [0.1, 0.15) is 10.6 Å². The van der Waals surface area contributed by atoms with E-state index in [-0.39, 0.29) is 12.3 Å². The van der Waals surface area contributed by atoms with Crippen molar-refractivity contribution in [1.82, 2.24) is 9.38 Å². The average molecular weight is 356 g/mol. The molecule has 0 atom stereocenters. The van der Waals surface area contributed by atoms with Gasteiger partial charge < -0.3 is 15.5 Å². The fourth-order valence-electron chi connectivity index (χ4n) is 2.91. The van der Waals surface area contributed by atoms with Gasteiger partial charge in [-0.2, -0.15) is 0 Å². The Hall–Kier alpha value is -2.67. The maximum atomic E-state index is 12.6. The Morgan fingerprint density at radius 1 is 1.28 bits per heavy atom. The number of primary amides is 1. The van der Waals surface area contributed by atoms with Crippen LogP contribution >= 0.6 is 11.3 Å². The van der Waals surface area contributed by atoms with Gasteiger partial charge in [0, 0.05) is 11.1 Å². The zero-order valence-corrected chi connectivity index (χ0v) is 15.5. The van der Waals surface area contributed by atoms with Crippen LogP contribution < -0.4 is 11.1 Å². The maximum Gasteiger partial charge on any atom is 0.251 e. The molecule has 0 aliphatic rings. The molecule has 130 valence electrons. The standard InChI is InChI=1S/C18H20N4O2S/c1-9-6-5-7-22-13(11(3)20-17(9)22)8-14(23)21-18-15(16(19)24)10(2)12(4)25-18/h5-7H,8H2,1-4H3,(H2,19,24)(H,21,23). The zero-order valence-electron chi connectivity index (χ0n) is 14.6. The Balaban J connectivity index is 1.90. The second-order valence-electron chi connectivity index (χ2n) is 6.11. The SMILES string of the molecule is Cc1nc2c(C)cccn2c1CC(=O)Nc1sc(C)c(C)c1C(N)=O. The molecule has 0 fully saturated rings. The van der Waals surface area contributed by atoms with Crippen LogP contribution in [0.5, 0.6) is 0 Å². The summed E-state index contributed by atoms with van der Waals surface area (Å²) in [6.45, 7) is 7.61. The van der Waals surface area contributed by atoms with Gasteiger partial charge >= 0.3 is 0 Å². The van der Waals surface area contributed by atoms with E-state index in [1.54, 1.807) is 0 Å². The topological polar surface area (TPSA) is 89.5 Å². The molecule has 3 aromatic rings. The lowest BCUT2D eigenvalue weighted by atomic mass is 10.1. The lowest BCUT2D eigenvalue weighted by Gasteiger charge is -2.06. The third-order valence-corrected chi connectivity index (χ3v) is 5.48. The van der Waals surface area contributed by atoms with E-state index in [0.29, 0.717) is 10.6 Å². The number of carbonyl (C=O) groups excluding carboxylic acids is 2. The largest absolute Gasteiger partial charge is 0.365 e. The van der Waals surface area contributed by atoms with Crippen molar-refractivity contribution in [2.24, 2.45) is 5.73 Å². The van der Waals surface area contributed by atoms with Crippen LogP contribution in [-0.2, 0) is 11.2 Å². The highest BCUT2D eigenvalue weighted by atomic mass is 32.1. The van der Waals surface area contributed by atoms with E-state index in [1.807, 2.05) is 50.4 Å². The molecule has 6 nitrogen and oxygen atoms in total. The normalized spacial score (nSPS) is 11.0. The highest BCUT2D eigenvalue weighted by molar-refractivity contribution is 7.16. The summed E-state index contributed by atoms with van der Waals surface area (Å²) in [5.74, 6) is -0.728. The molecule has 0 radical (unpaired) electrons. The van der Waals surface area contributed by atoms with Gasteiger partial charge in [-0.05, 0) is 44.9 Å². The molecule has 0 aliphatic carbocycles. The van der Waals surface area contributed by atoms with Crippen LogP contribution in [0.4, 0.5) is 5.00 Å². The Morgan fingerprint density at radius 2 is 2.00 bits per heavy atom. The lowest BCUT2D eigenvalue weighted by Crippen LogP contribution is -2.19. The number of hydrogen-bond acceptors (Lipinski definition) is 4. The smallest absolute Gasteiger partial charge is 0.251 e. The molecule has 3 heterocycles.